The molecular formula is C13H20N2O. The number of nitrogens with one attached hydrogen (secondary N) is 1. The summed E-state index contributed by atoms with van der Waals surface area (Å²) in [6.07, 6.45) is 0. The standard InChI is InChI=1S/C13H20N2O/c1-10(2)11-6-5-7-12(8-11)14-13(16)9-15(3)4/h5-8,10H,9H2,1-4H3,(H,14,16). The monoisotopic (exact) mass is 220 g/mol. The minimum atomic E-state index is 0.0194. The lowest BCUT2D eigenvalue weighted by molar-refractivity contribution is -0.116. The average Bonchev–Trinajstić information content (AvgIpc) is 2.16. The first kappa shape index (κ1) is 12.7. The van der Waals surface area contributed by atoms with Crippen LogP contribution in [0.4, 0.5) is 5.69 Å². The Morgan fingerprint density at radius 2 is 2.06 bits per heavy atom. The predicted molar refractivity (Wildman–Crippen MR) is 67.7 cm³/mol. The number of hydrogen-bond donors (Lipinski definition) is 1. The summed E-state index contributed by atoms with van der Waals surface area (Å²) >= 11 is 0. The molecule has 0 aliphatic heterocycles. The summed E-state index contributed by atoms with van der Waals surface area (Å²) in [5.41, 5.74) is 2.11. The Morgan fingerprint density at radius 1 is 1.38 bits per heavy atom. The summed E-state index contributed by atoms with van der Waals surface area (Å²) in [6.45, 7) is 4.69. The van der Waals surface area contributed by atoms with Crippen molar-refractivity contribution in [2.75, 3.05) is 26.0 Å². The predicted octanol–water partition coefficient (Wildman–Crippen LogP) is 2.31. The third-order valence-corrected chi connectivity index (χ3v) is 2.30. The lowest BCUT2D eigenvalue weighted by Crippen LogP contribution is -2.27. The van der Waals surface area contributed by atoms with E-state index in [9.17, 15) is 4.79 Å². The molecule has 1 amide bonds. The second-order valence-electron chi connectivity index (χ2n) is 4.57. The number of carbonyl (C=O) groups excluding carboxylic acids is 1. The molecule has 0 unspecified atom stereocenters. The minimum absolute atomic E-state index is 0.0194. The number of carbonyl (C=O) groups is 1. The molecule has 0 aliphatic rings. The molecule has 0 aliphatic carbocycles. The molecule has 1 rings (SSSR count). The van der Waals surface area contributed by atoms with E-state index < -0.39 is 0 Å². The highest BCUT2D eigenvalue weighted by atomic mass is 16.2. The second kappa shape index (κ2) is 5.66. The third-order valence-electron chi connectivity index (χ3n) is 2.30. The van der Waals surface area contributed by atoms with Crippen LogP contribution >= 0.6 is 0 Å². The Labute approximate surface area is 97.5 Å². The SMILES string of the molecule is CC(C)c1cccc(NC(=O)CN(C)C)c1. The number of amides is 1. The van der Waals surface area contributed by atoms with E-state index in [1.165, 1.54) is 5.56 Å². The number of anilines is 1. The maximum Gasteiger partial charge on any atom is 0.238 e. The molecule has 0 heterocycles. The van der Waals surface area contributed by atoms with E-state index in [-0.39, 0.29) is 5.91 Å². The first-order chi connectivity index (χ1) is 7.49. The molecular weight excluding hydrogens is 200 g/mol. The number of hydrogen-bond acceptors (Lipinski definition) is 2. The van der Waals surface area contributed by atoms with Crippen molar-refractivity contribution >= 4 is 11.6 Å². The Bertz CT molecular complexity index is 359. The maximum absolute atomic E-state index is 11.6. The van der Waals surface area contributed by atoms with Crippen molar-refractivity contribution in [1.82, 2.24) is 4.90 Å². The van der Waals surface area contributed by atoms with Crippen LogP contribution in [0.2, 0.25) is 0 Å². The van der Waals surface area contributed by atoms with Crippen molar-refractivity contribution in [2.45, 2.75) is 19.8 Å². The highest BCUT2D eigenvalue weighted by Gasteiger charge is 2.05. The Morgan fingerprint density at radius 3 is 2.62 bits per heavy atom. The summed E-state index contributed by atoms with van der Waals surface area (Å²) in [5.74, 6) is 0.497. The van der Waals surface area contributed by atoms with Gasteiger partial charge in [0.05, 0.1) is 6.54 Å². The molecule has 0 bridgehead atoms. The molecule has 16 heavy (non-hydrogen) atoms. The summed E-state index contributed by atoms with van der Waals surface area (Å²) < 4.78 is 0. The molecule has 0 atom stereocenters. The van der Waals surface area contributed by atoms with Gasteiger partial charge in [-0.25, -0.2) is 0 Å². The average molecular weight is 220 g/mol. The normalized spacial score (nSPS) is 10.9. The van der Waals surface area contributed by atoms with Crippen LogP contribution < -0.4 is 5.32 Å². The van der Waals surface area contributed by atoms with Gasteiger partial charge in [0.1, 0.15) is 0 Å². The van der Waals surface area contributed by atoms with Gasteiger partial charge in [-0.1, -0.05) is 26.0 Å². The van der Waals surface area contributed by atoms with Crippen molar-refractivity contribution in [2.24, 2.45) is 0 Å². The molecule has 1 aromatic carbocycles. The molecule has 0 spiro atoms. The van der Waals surface area contributed by atoms with Crippen molar-refractivity contribution in [3.63, 3.8) is 0 Å². The molecule has 88 valence electrons. The smallest absolute Gasteiger partial charge is 0.238 e. The molecule has 0 saturated carbocycles. The van der Waals surface area contributed by atoms with Crippen LogP contribution in [0.5, 0.6) is 0 Å². The fourth-order valence-corrected chi connectivity index (χ4v) is 1.46. The molecule has 1 N–H and O–H groups in total. The quantitative estimate of drug-likeness (QED) is 0.844. The molecule has 0 radical (unpaired) electrons. The maximum atomic E-state index is 11.6. The Hall–Kier alpha value is -1.35. The van der Waals surface area contributed by atoms with Crippen LogP contribution in [0.1, 0.15) is 25.3 Å². The molecule has 3 nitrogen and oxygen atoms in total. The highest BCUT2D eigenvalue weighted by Crippen LogP contribution is 2.18. The zero-order valence-electron chi connectivity index (χ0n) is 10.4. The van der Waals surface area contributed by atoms with Crippen LogP contribution in [-0.2, 0) is 4.79 Å². The van der Waals surface area contributed by atoms with Gasteiger partial charge in [0.2, 0.25) is 5.91 Å². The van der Waals surface area contributed by atoms with Gasteiger partial charge in [-0.2, -0.15) is 0 Å². The van der Waals surface area contributed by atoms with Gasteiger partial charge in [-0.15, -0.1) is 0 Å². The zero-order valence-corrected chi connectivity index (χ0v) is 10.4. The van der Waals surface area contributed by atoms with Crippen LogP contribution in [0.25, 0.3) is 0 Å². The summed E-state index contributed by atoms with van der Waals surface area (Å²) in [6, 6.07) is 7.99. The van der Waals surface area contributed by atoms with E-state index in [0.29, 0.717) is 12.5 Å². The highest BCUT2D eigenvalue weighted by molar-refractivity contribution is 5.92. The van der Waals surface area contributed by atoms with E-state index in [0.717, 1.165) is 5.69 Å². The second-order valence-corrected chi connectivity index (χ2v) is 4.57. The van der Waals surface area contributed by atoms with Crippen LogP contribution in [0.3, 0.4) is 0 Å². The van der Waals surface area contributed by atoms with Gasteiger partial charge in [-0.05, 0) is 37.7 Å². The molecule has 0 saturated heterocycles. The first-order valence-electron chi connectivity index (χ1n) is 5.53. The van der Waals surface area contributed by atoms with Gasteiger partial charge >= 0.3 is 0 Å². The van der Waals surface area contributed by atoms with Crippen LogP contribution in [0, 0.1) is 0 Å². The van der Waals surface area contributed by atoms with Crippen molar-refractivity contribution in [3.8, 4) is 0 Å². The number of nitrogens with zero attached hydrogens (tertiary/aromatic N) is 1. The van der Waals surface area contributed by atoms with Crippen molar-refractivity contribution in [1.29, 1.82) is 0 Å². The van der Waals surface area contributed by atoms with Crippen molar-refractivity contribution < 1.29 is 4.79 Å². The lowest BCUT2D eigenvalue weighted by Gasteiger charge is -2.12. The van der Waals surface area contributed by atoms with Crippen LogP contribution in [0.15, 0.2) is 24.3 Å². The summed E-state index contributed by atoms with van der Waals surface area (Å²) in [7, 11) is 3.76. The number of likely N-dealkylation sites (N-methyl/N-ethyl adjacent to an activating group) is 1. The van der Waals surface area contributed by atoms with Gasteiger partial charge in [0.25, 0.3) is 0 Å². The minimum Gasteiger partial charge on any atom is -0.325 e. The van der Waals surface area contributed by atoms with E-state index in [1.54, 1.807) is 0 Å². The molecule has 1 aromatic rings. The van der Waals surface area contributed by atoms with E-state index in [2.05, 4.69) is 25.2 Å². The third kappa shape index (κ3) is 4.03. The molecule has 3 heteroatoms. The van der Waals surface area contributed by atoms with E-state index in [1.807, 2.05) is 37.2 Å². The number of rotatable bonds is 4. The van der Waals surface area contributed by atoms with E-state index >= 15 is 0 Å². The fraction of sp³-hybridized carbons (Fsp3) is 0.462. The van der Waals surface area contributed by atoms with Crippen LogP contribution in [-0.4, -0.2) is 31.4 Å². The Kier molecular flexibility index (Phi) is 4.50. The first-order valence-corrected chi connectivity index (χ1v) is 5.53. The lowest BCUT2D eigenvalue weighted by atomic mass is 10.0. The number of benzene rings is 1. The molecule has 0 fully saturated rings. The summed E-state index contributed by atoms with van der Waals surface area (Å²) in [5, 5.41) is 2.89. The van der Waals surface area contributed by atoms with Gasteiger partial charge in [-0.3, -0.25) is 4.79 Å². The van der Waals surface area contributed by atoms with E-state index in [4.69, 9.17) is 0 Å². The van der Waals surface area contributed by atoms with Gasteiger partial charge < -0.3 is 10.2 Å². The largest absolute Gasteiger partial charge is 0.325 e. The fourth-order valence-electron chi connectivity index (χ4n) is 1.46. The molecule has 0 aromatic heterocycles. The Balaban J connectivity index is 2.67. The van der Waals surface area contributed by atoms with Crippen molar-refractivity contribution in [3.05, 3.63) is 29.8 Å². The van der Waals surface area contributed by atoms with Gasteiger partial charge in [0.15, 0.2) is 0 Å². The topological polar surface area (TPSA) is 32.3 Å². The zero-order chi connectivity index (χ0) is 12.1. The summed E-state index contributed by atoms with van der Waals surface area (Å²) in [4.78, 5) is 13.4. The van der Waals surface area contributed by atoms with Gasteiger partial charge in [0, 0.05) is 5.69 Å².